The Morgan fingerprint density at radius 1 is 1.47 bits per heavy atom. The van der Waals surface area contributed by atoms with E-state index in [1.807, 2.05) is 29.6 Å². The Morgan fingerprint density at radius 2 is 2.20 bits per heavy atom. The van der Waals surface area contributed by atoms with Gasteiger partial charge in [0.15, 0.2) is 0 Å². The molecule has 3 heteroatoms. The summed E-state index contributed by atoms with van der Waals surface area (Å²) in [6.07, 6.45) is 4.54. The lowest BCUT2D eigenvalue weighted by molar-refractivity contribution is -0.118. The Hall–Kier alpha value is 0.110. The number of carbonyl (C=O) groups excluding carboxylic acids is 1. The Balaban J connectivity index is 2.30. The van der Waals surface area contributed by atoms with Crippen molar-refractivity contribution in [2.24, 2.45) is 0 Å². The van der Waals surface area contributed by atoms with Crippen LogP contribution in [0.25, 0.3) is 0 Å². The second-order valence-corrected chi connectivity index (χ2v) is 7.01. The van der Waals surface area contributed by atoms with Crippen LogP contribution in [0.3, 0.4) is 0 Å². The predicted octanol–water partition coefficient (Wildman–Crippen LogP) is 3.54. The average Bonchev–Trinajstić information content (AvgIpc) is 2.22. The van der Waals surface area contributed by atoms with Crippen molar-refractivity contribution in [1.82, 2.24) is 0 Å². The van der Waals surface area contributed by atoms with E-state index >= 15 is 0 Å². The van der Waals surface area contributed by atoms with Crippen molar-refractivity contribution in [3.8, 4) is 0 Å². The van der Waals surface area contributed by atoms with Gasteiger partial charge in [0.25, 0.3) is 0 Å². The molecule has 3 atom stereocenters. The highest BCUT2D eigenvalue weighted by molar-refractivity contribution is 8.08. The molecule has 0 spiro atoms. The van der Waals surface area contributed by atoms with Crippen LogP contribution in [0.5, 0.6) is 0 Å². The van der Waals surface area contributed by atoms with Gasteiger partial charge in [0.05, 0.1) is 5.25 Å². The molecule has 1 aliphatic rings. The summed E-state index contributed by atoms with van der Waals surface area (Å²) in [7, 11) is 0. The molecule has 0 N–H and O–H groups in total. The number of thioether (sulfide) groups is 2. The zero-order valence-corrected chi connectivity index (χ0v) is 11.2. The largest absolute Gasteiger partial charge is 0.298 e. The first-order valence-corrected chi connectivity index (χ1v) is 7.55. The van der Waals surface area contributed by atoms with Crippen molar-refractivity contribution in [2.75, 3.05) is 5.75 Å². The van der Waals surface area contributed by atoms with Gasteiger partial charge >= 0.3 is 0 Å². The van der Waals surface area contributed by atoms with Crippen LogP contribution >= 0.6 is 23.5 Å². The van der Waals surface area contributed by atoms with Gasteiger partial charge in [0.1, 0.15) is 5.78 Å². The van der Waals surface area contributed by atoms with Gasteiger partial charge in [-0.3, -0.25) is 4.79 Å². The van der Waals surface area contributed by atoms with Crippen molar-refractivity contribution in [3.63, 3.8) is 0 Å². The van der Waals surface area contributed by atoms with Crippen molar-refractivity contribution < 1.29 is 4.79 Å². The van der Waals surface area contributed by atoms with Gasteiger partial charge in [-0.2, -0.15) is 11.8 Å². The molecule has 1 heterocycles. The molecule has 0 saturated carbocycles. The third-order valence-corrected chi connectivity index (χ3v) is 6.18. The molecule has 0 aromatic heterocycles. The quantitative estimate of drug-likeness (QED) is 0.544. The van der Waals surface area contributed by atoms with Gasteiger partial charge in [-0.05, 0) is 12.8 Å². The predicted molar refractivity (Wildman–Crippen MR) is 71.8 cm³/mol. The van der Waals surface area contributed by atoms with E-state index < -0.39 is 0 Å². The summed E-state index contributed by atoms with van der Waals surface area (Å²) in [5, 5.41) is 1.54. The topological polar surface area (TPSA) is 17.1 Å². The highest BCUT2D eigenvalue weighted by Gasteiger charge is 2.29. The number of ketones is 1. The normalized spacial score (nSPS) is 31.2. The van der Waals surface area contributed by atoms with Crippen LogP contribution in [0.4, 0.5) is 0 Å². The minimum Gasteiger partial charge on any atom is -0.298 e. The standard InChI is InChI=1S/C12H20OS2/c1-4-5-6-7-11(13)12-8-14-9(2)10(3)15-12/h4,9-10,12H,1,5-8H2,2-3H3. The smallest absolute Gasteiger partial charge is 0.146 e. The molecule has 0 aromatic carbocycles. The monoisotopic (exact) mass is 244 g/mol. The first-order valence-electron chi connectivity index (χ1n) is 5.55. The fourth-order valence-corrected chi connectivity index (χ4v) is 4.46. The summed E-state index contributed by atoms with van der Waals surface area (Å²) in [6, 6.07) is 0. The summed E-state index contributed by atoms with van der Waals surface area (Å²) in [5.74, 6) is 1.44. The number of carbonyl (C=O) groups is 1. The Bertz CT molecular complexity index is 228. The summed E-state index contributed by atoms with van der Waals surface area (Å²) < 4.78 is 0. The van der Waals surface area contributed by atoms with E-state index in [0.717, 1.165) is 25.0 Å². The van der Waals surface area contributed by atoms with Crippen LogP contribution in [0, 0.1) is 0 Å². The maximum atomic E-state index is 11.9. The molecular formula is C12H20OS2. The van der Waals surface area contributed by atoms with E-state index in [4.69, 9.17) is 0 Å². The number of unbranched alkanes of at least 4 members (excludes halogenated alkanes) is 1. The second kappa shape index (κ2) is 6.64. The van der Waals surface area contributed by atoms with Crippen molar-refractivity contribution in [3.05, 3.63) is 12.7 Å². The van der Waals surface area contributed by atoms with Crippen molar-refractivity contribution in [2.45, 2.75) is 48.9 Å². The fourth-order valence-electron chi connectivity index (χ4n) is 1.53. The lowest BCUT2D eigenvalue weighted by atomic mass is 10.1. The Kier molecular flexibility index (Phi) is 5.83. The molecule has 1 nitrogen and oxygen atoms in total. The molecular weight excluding hydrogens is 224 g/mol. The third kappa shape index (κ3) is 4.23. The zero-order valence-electron chi connectivity index (χ0n) is 9.57. The Labute approximate surface area is 101 Å². The van der Waals surface area contributed by atoms with Crippen LogP contribution in [0.15, 0.2) is 12.7 Å². The maximum Gasteiger partial charge on any atom is 0.146 e. The van der Waals surface area contributed by atoms with E-state index in [9.17, 15) is 4.79 Å². The number of Topliss-reactive ketones (excluding diaryl/α,β-unsaturated/α-hetero) is 1. The molecule has 1 aliphatic heterocycles. The molecule has 0 aliphatic carbocycles. The number of allylic oxidation sites excluding steroid dienone is 1. The molecule has 3 unspecified atom stereocenters. The van der Waals surface area contributed by atoms with E-state index in [0.29, 0.717) is 16.3 Å². The van der Waals surface area contributed by atoms with E-state index in [1.54, 1.807) is 0 Å². The molecule has 1 rings (SSSR count). The lowest BCUT2D eigenvalue weighted by Gasteiger charge is -2.30. The van der Waals surface area contributed by atoms with Crippen LogP contribution < -0.4 is 0 Å². The molecule has 86 valence electrons. The minimum atomic E-state index is 0.242. The first-order chi connectivity index (χ1) is 7.15. The molecule has 0 amide bonds. The maximum absolute atomic E-state index is 11.9. The number of rotatable bonds is 5. The van der Waals surface area contributed by atoms with E-state index in [1.165, 1.54) is 0 Å². The molecule has 0 bridgehead atoms. The number of hydrogen-bond acceptors (Lipinski definition) is 3. The number of hydrogen-bond donors (Lipinski definition) is 0. The lowest BCUT2D eigenvalue weighted by Crippen LogP contribution is -2.31. The molecule has 1 fully saturated rings. The fraction of sp³-hybridized carbons (Fsp3) is 0.750. The zero-order chi connectivity index (χ0) is 11.3. The van der Waals surface area contributed by atoms with Crippen LogP contribution in [-0.2, 0) is 4.79 Å². The van der Waals surface area contributed by atoms with Crippen molar-refractivity contribution in [1.29, 1.82) is 0 Å². The highest BCUT2D eigenvalue weighted by Crippen LogP contribution is 2.36. The van der Waals surface area contributed by atoms with Gasteiger partial charge in [-0.15, -0.1) is 18.3 Å². The minimum absolute atomic E-state index is 0.242. The van der Waals surface area contributed by atoms with Crippen LogP contribution in [0.2, 0.25) is 0 Å². The summed E-state index contributed by atoms with van der Waals surface area (Å²) in [4.78, 5) is 11.9. The van der Waals surface area contributed by atoms with E-state index in [2.05, 4.69) is 20.4 Å². The van der Waals surface area contributed by atoms with Crippen molar-refractivity contribution >= 4 is 29.3 Å². The summed E-state index contributed by atoms with van der Waals surface area (Å²) in [5.41, 5.74) is 0. The van der Waals surface area contributed by atoms with Crippen LogP contribution in [-0.4, -0.2) is 27.3 Å². The highest BCUT2D eigenvalue weighted by atomic mass is 32.2. The summed E-state index contributed by atoms with van der Waals surface area (Å²) >= 11 is 3.80. The molecule has 15 heavy (non-hydrogen) atoms. The second-order valence-electron chi connectivity index (χ2n) is 4.02. The SMILES string of the molecule is C=CCCCC(=O)C1CSC(C)C(C)S1. The van der Waals surface area contributed by atoms with Gasteiger partial charge in [0.2, 0.25) is 0 Å². The molecule has 0 aromatic rings. The van der Waals surface area contributed by atoms with Gasteiger partial charge in [-0.1, -0.05) is 19.9 Å². The average molecular weight is 244 g/mol. The Morgan fingerprint density at radius 3 is 2.80 bits per heavy atom. The first kappa shape index (κ1) is 13.2. The van der Waals surface area contributed by atoms with E-state index in [-0.39, 0.29) is 5.25 Å². The third-order valence-electron chi connectivity index (χ3n) is 2.74. The molecule has 0 radical (unpaired) electrons. The van der Waals surface area contributed by atoms with Crippen LogP contribution in [0.1, 0.15) is 33.1 Å². The van der Waals surface area contributed by atoms with Gasteiger partial charge < -0.3 is 0 Å². The molecule has 1 saturated heterocycles. The summed E-state index contributed by atoms with van der Waals surface area (Å²) in [6.45, 7) is 8.15. The van der Waals surface area contributed by atoms with Gasteiger partial charge in [-0.25, -0.2) is 0 Å². The van der Waals surface area contributed by atoms with Gasteiger partial charge in [0, 0.05) is 22.7 Å².